The van der Waals surface area contributed by atoms with Gasteiger partial charge in [-0.25, -0.2) is 4.79 Å². The first-order valence-corrected chi connectivity index (χ1v) is 3.83. The van der Waals surface area contributed by atoms with Crippen LogP contribution in [0.1, 0.15) is 10.4 Å². The fourth-order valence-electron chi connectivity index (χ4n) is 1.12. The van der Waals surface area contributed by atoms with Crippen LogP contribution in [0.4, 0.5) is 0 Å². The topological polar surface area (TPSA) is 80.1 Å². The van der Waals surface area contributed by atoms with Crippen molar-refractivity contribution in [3.8, 4) is 0 Å². The molecule has 70 valence electrons. The maximum absolute atomic E-state index is 10.9. The first kappa shape index (κ1) is 8.43. The maximum Gasteiger partial charge on any atom is 0.402 e. The Labute approximate surface area is 77.0 Å². The van der Waals surface area contributed by atoms with Crippen LogP contribution in [0.3, 0.4) is 0 Å². The Hall–Kier alpha value is -2.17. The molecule has 0 unspecified atom stereocenters. The van der Waals surface area contributed by atoms with Crippen molar-refractivity contribution in [3.63, 3.8) is 0 Å². The van der Waals surface area contributed by atoms with E-state index in [0.29, 0.717) is 17.4 Å². The van der Waals surface area contributed by atoms with Gasteiger partial charge in [-0.1, -0.05) is 0 Å². The summed E-state index contributed by atoms with van der Waals surface area (Å²) in [6.45, 7) is 0. The van der Waals surface area contributed by atoms with Gasteiger partial charge in [0.05, 0.1) is 5.52 Å². The normalized spacial score (nSPS) is 10.3. The van der Waals surface area contributed by atoms with Gasteiger partial charge in [-0.05, 0) is 18.2 Å². The fraction of sp³-hybridized carbons (Fsp3) is 0. The third kappa shape index (κ3) is 1.24. The number of benzene rings is 1. The van der Waals surface area contributed by atoms with Crippen LogP contribution in [0.15, 0.2) is 32.2 Å². The van der Waals surface area contributed by atoms with Crippen LogP contribution < -0.4 is 11.2 Å². The molecule has 1 aromatic heterocycles. The van der Waals surface area contributed by atoms with Gasteiger partial charge in [-0.15, -0.1) is 0 Å². The number of aromatic amines is 1. The summed E-state index contributed by atoms with van der Waals surface area (Å²) in [6, 6.07) is 4.41. The van der Waals surface area contributed by atoms with Crippen molar-refractivity contribution in [3.05, 3.63) is 44.5 Å². The van der Waals surface area contributed by atoms with Crippen molar-refractivity contribution >= 4 is 17.4 Å². The molecule has 0 aliphatic heterocycles. The molecule has 2 aromatic rings. The average molecular weight is 191 g/mol. The number of nitrogens with one attached hydrogen (secondary N) is 1. The molecule has 0 atom stereocenters. The summed E-state index contributed by atoms with van der Waals surface area (Å²) in [4.78, 5) is 34.4. The fourth-order valence-corrected chi connectivity index (χ4v) is 1.12. The standard InChI is InChI=1S/C9H5NO4/c11-4-5-1-2-6-7(3-5)14-9(13)8(12)10-6/h1-4H,(H,10,12). The van der Waals surface area contributed by atoms with Gasteiger partial charge in [0, 0.05) is 5.56 Å². The number of rotatable bonds is 1. The van der Waals surface area contributed by atoms with E-state index in [1.165, 1.54) is 18.2 Å². The molecular weight excluding hydrogens is 186 g/mol. The zero-order chi connectivity index (χ0) is 10.1. The van der Waals surface area contributed by atoms with Crippen LogP contribution >= 0.6 is 0 Å². The van der Waals surface area contributed by atoms with Gasteiger partial charge in [0.2, 0.25) is 0 Å². The first-order chi connectivity index (χ1) is 6.70. The van der Waals surface area contributed by atoms with Gasteiger partial charge in [-0.2, -0.15) is 0 Å². The van der Waals surface area contributed by atoms with E-state index in [1.54, 1.807) is 0 Å². The second-order valence-electron chi connectivity index (χ2n) is 2.72. The van der Waals surface area contributed by atoms with Gasteiger partial charge >= 0.3 is 11.2 Å². The molecule has 0 radical (unpaired) electrons. The van der Waals surface area contributed by atoms with Gasteiger partial charge in [0.25, 0.3) is 0 Å². The Balaban J connectivity index is 2.90. The lowest BCUT2D eigenvalue weighted by Crippen LogP contribution is -2.25. The van der Waals surface area contributed by atoms with Crippen LogP contribution in [-0.2, 0) is 0 Å². The molecule has 5 nitrogen and oxygen atoms in total. The largest absolute Gasteiger partial charge is 0.417 e. The Bertz CT molecular complexity index is 608. The van der Waals surface area contributed by atoms with Crippen molar-refractivity contribution in [1.82, 2.24) is 4.98 Å². The van der Waals surface area contributed by atoms with Gasteiger partial charge in [0.15, 0.2) is 5.58 Å². The number of carbonyl (C=O) groups is 1. The molecular formula is C9H5NO4. The van der Waals surface area contributed by atoms with Crippen molar-refractivity contribution in [2.45, 2.75) is 0 Å². The monoisotopic (exact) mass is 191 g/mol. The van der Waals surface area contributed by atoms with Crippen LogP contribution in [0.2, 0.25) is 0 Å². The smallest absolute Gasteiger partial charge is 0.402 e. The second-order valence-corrected chi connectivity index (χ2v) is 2.72. The van der Waals surface area contributed by atoms with Gasteiger partial charge in [0.1, 0.15) is 6.29 Å². The summed E-state index contributed by atoms with van der Waals surface area (Å²) in [5.74, 6) is 0. The number of H-pyrrole nitrogens is 1. The number of carbonyl (C=O) groups excluding carboxylic acids is 1. The quantitative estimate of drug-likeness (QED) is 0.519. The Morgan fingerprint density at radius 1 is 1.29 bits per heavy atom. The minimum atomic E-state index is -0.972. The highest BCUT2D eigenvalue weighted by Crippen LogP contribution is 2.08. The van der Waals surface area contributed by atoms with Crippen LogP contribution in [0.5, 0.6) is 0 Å². The summed E-state index contributed by atoms with van der Waals surface area (Å²) < 4.78 is 4.68. The summed E-state index contributed by atoms with van der Waals surface area (Å²) in [5, 5.41) is 0. The minimum absolute atomic E-state index is 0.194. The van der Waals surface area contributed by atoms with Crippen LogP contribution in [0, 0.1) is 0 Å². The minimum Gasteiger partial charge on any atom is -0.417 e. The third-order valence-electron chi connectivity index (χ3n) is 1.78. The molecule has 0 amide bonds. The maximum atomic E-state index is 10.9. The molecule has 0 saturated heterocycles. The van der Waals surface area contributed by atoms with Gasteiger partial charge in [-0.3, -0.25) is 9.59 Å². The average Bonchev–Trinajstić information content (AvgIpc) is 2.19. The molecule has 1 N–H and O–H groups in total. The molecule has 14 heavy (non-hydrogen) atoms. The molecule has 0 aliphatic rings. The highest BCUT2D eigenvalue weighted by Gasteiger charge is 2.01. The van der Waals surface area contributed by atoms with E-state index in [0.717, 1.165) is 0 Å². The predicted molar refractivity (Wildman–Crippen MR) is 48.5 cm³/mol. The molecule has 5 heteroatoms. The number of aldehydes is 1. The molecule has 0 aliphatic carbocycles. The summed E-state index contributed by atoms with van der Waals surface area (Å²) in [6.07, 6.45) is 0.630. The highest BCUT2D eigenvalue weighted by molar-refractivity contribution is 5.83. The zero-order valence-corrected chi connectivity index (χ0v) is 6.94. The molecule has 2 rings (SSSR count). The zero-order valence-electron chi connectivity index (χ0n) is 6.94. The summed E-state index contributed by atoms with van der Waals surface area (Å²) in [5.41, 5.74) is -0.816. The van der Waals surface area contributed by atoms with Crippen LogP contribution in [-0.4, -0.2) is 11.3 Å². The first-order valence-electron chi connectivity index (χ1n) is 3.83. The lowest BCUT2D eigenvalue weighted by atomic mass is 10.2. The van der Waals surface area contributed by atoms with Crippen LogP contribution in [0.25, 0.3) is 11.1 Å². The predicted octanol–water partition coefficient (Wildman–Crippen LogP) is 0.294. The van der Waals surface area contributed by atoms with Crippen molar-refractivity contribution in [1.29, 1.82) is 0 Å². The second kappa shape index (κ2) is 2.95. The van der Waals surface area contributed by atoms with E-state index in [1.807, 2.05) is 0 Å². The Kier molecular flexibility index (Phi) is 1.78. The van der Waals surface area contributed by atoms with E-state index in [-0.39, 0.29) is 5.58 Å². The lowest BCUT2D eigenvalue weighted by Gasteiger charge is -1.95. The van der Waals surface area contributed by atoms with E-state index in [2.05, 4.69) is 9.40 Å². The van der Waals surface area contributed by atoms with E-state index in [4.69, 9.17) is 0 Å². The van der Waals surface area contributed by atoms with E-state index in [9.17, 15) is 14.4 Å². The molecule has 0 saturated carbocycles. The van der Waals surface area contributed by atoms with Crippen molar-refractivity contribution in [2.75, 3.05) is 0 Å². The number of hydrogen-bond acceptors (Lipinski definition) is 4. The number of hydrogen-bond donors (Lipinski definition) is 1. The Morgan fingerprint density at radius 3 is 2.79 bits per heavy atom. The molecule has 1 heterocycles. The van der Waals surface area contributed by atoms with Crippen molar-refractivity contribution < 1.29 is 9.21 Å². The van der Waals surface area contributed by atoms with Crippen molar-refractivity contribution in [2.24, 2.45) is 0 Å². The summed E-state index contributed by atoms with van der Waals surface area (Å²) in [7, 11) is 0. The molecule has 0 spiro atoms. The highest BCUT2D eigenvalue weighted by atomic mass is 16.4. The summed E-state index contributed by atoms with van der Waals surface area (Å²) >= 11 is 0. The third-order valence-corrected chi connectivity index (χ3v) is 1.78. The van der Waals surface area contributed by atoms with Gasteiger partial charge < -0.3 is 9.40 Å². The number of aromatic nitrogens is 1. The lowest BCUT2D eigenvalue weighted by molar-refractivity contribution is 0.112. The molecule has 0 fully saturated rings. The van der Waals surface area contributed by atoms with E-state index < -0.39 is 11.2 Å². The molecule has 0 bridgehead atoms. The molecule has 1 aromatic carbocycles. The van der Waals surface area contributed by atoms with E-state index >= 15 is 0 Å². The Morgan fingerprint density at radius 2 is 2.07 bits per heavy atom. The SMILES string of the molecule is O=Cc1ccc2[nH]c(=O)c(=O)oc2c1. The number of fused-ring (bicyclic) bond motifs is 1.